The summed E-state index contributed by atoms with van der Waals surface area (Å²) in [4.78, 5) is 27.9. The summed E-state index contributed by atoms with van der Waals surface area (Å²) in [5.41, 5.74) is 1.31. The summed E-state index contributed by atoms with van der Waals surface area (Å²) in [5.74, 6) is -1.11. The van der Waals surface area contributed by atoms with E-state index in [4.69, 9.17) is 9.63 Å². The minimum Gasteiger partial charge on any atom is -0.481 e. The third kappa shape index (κ3) is 5.72. The summed E-state index contributed by atoms with van der Waals surface area (Å²) in [6, 6.07) is 11.3. The van der Waals surface area contributed by atoms with Gasteiger partial charge in [0.1, 0.15) is 5.75 Å². The van der Waals surface area contributed by atoms with Crippen LogP contribution in [0.3, 0.4) is 0 Å². The number of alkyl halides is 3. The molecule has 1 heterocycles. The Balaban J connectivity index is 1.35. The molecule has 0 unspecified atom stereocenters. The molecule has 2 aromatic carbocycles. The van der Waals surface area contributed by atoms with Crippen molar-refractivity contribution in [2.45, 2.75) is 38.0 Å². The van der Waals surface area contributed by atoms with Crippen LogP contribution < -0.4 is 10.1 Å². The lowest BCUT2D eigenvalue weighted by molar-refractivity contribution is -0.274. The number of hydrogen-bond donors (Lipinski definition) is 2. The van der Waals surface area contributed by atoms with Gasteiger partial charge >= 0.3 is 12.3 Å². The van der Waals surface area contributed by atoms with Crippen LogP contribution in [0, 0.1) is 5.92 Å². The number of amides is 1. The zero-order chi connectivity index (χ0) is 24.3. The molecule has 1 aliphatic rings. The Labute approximate surface area is 191 Å². The topological polar surface area (TPSA) is 115 Å². The second-order valence-electron chi connectivity index (χ2n) is 7.95. The summed E-state index contributed by atoms with van der Waals surface area (Å²) in [6.45, 7) is 0. The monoisotopic (exact) mass is 475 g/mol. The molecule has 11 heteroatoms. The number of rotatable bonds is 6. The van der Waals surface area contributed by atoms with E-state index in [9.17, 15) is 22.8 Å². The van der Waals surface area contributed by atoms with Gasteiger partial charge in [-0.1, -0.05) is 5.16 Å². The number of anilines is 1. The molecule has 0 aliphatic heterocycles. The molecule has 34 heavy (non-hydrogen) atoms. The SMILES string of the molecule is O=C(Nc1ccc(-c2noc(C3CCC(C(=O)O)CC3)n2)cc1)c1ccc(OC(F)(F)F)cc1. The average Bonchev–Trinajstić information content (AvgIpc) is 3.29. The van der Waals surface area contributed by atoms with Crippen LogP contribution in [0.2, 0.25) is 0 Å². The van der Waals surface area contributed by atoms with Crippen LogP contribution in [0.1, 0.15) is 47.8 Å². The quantitative estimate of drug-likeness (QED) is 0.501. The molecule has 178 valence electrons. The second kappa shape index (κ2) is 9.54. The number of hydrogen-bond acceptors (Lipinski definition) is 6. The Morgan fingerprint density at radius 3 is 2.24 bits per heavy atom. The maximum absolute atomic E-state index is 12.4. The molecule has 0 spiro atoms. The first-order valence-electron chi connectivity index (χ1n) is 10.5. The van der Waals surface area contributed by atoms with Gasteiger partial charge in [0.15, 0.2) is 0 Å². The molecule has 8 nitrogen and oxygen atoms in total. The molecule has 4 rings (SSSR count). The molecule has 1 amide bonds. The highest BCUT2D eigenvalue weighted by Gasteiger charge is 2.31. The fourth-order valence-corrected chi connectivity index (χ4v) is 3.82. The van der Waals surface area contributed by atoms with Gasteiger partial charge in [-0.2, -0.15) is 4.98 Å². The van der Waals surface area contributed by atoms with Crippen LogP contribution in [0.4, 0.5) is 18.9 Å². The van der Waals surface area contributed by atoms with E-state index >= 15 is 0 Å². The number of nitrogens with zero attached hydrogens (tertiary/aromatic N) is 2. The van der Waals surface area contributed by atoms with Crippen LogP contribution in [0.5, 0.6) is 5.75 Å². The zero-order valence-electron chi connectivity index (χ0n) is 17.7. The van der Waals surface area contributed by atoms with E-state index in [1.165, 1.54) is 12.1 Å². The molecular weight excluding hydrogens is 455 g/mol. The standard InChI is InChI=1S/C23H20F3N3O5/c24-23(25,26)33-18-11-7-14(8-12-18)20(30)27-17-9-5-13(6-10-17)19-28-21(34-29-19)15-1-3-16(4-2-15)22(31)32/h5-12,15-16H,1-4H2,(H,27,30)(H,31,32). The summed E-state index contributed by atoms with van der Waals surface area (Å²) >= 11 is 0. The number of ether oxygens (including phenoxy) is 1. The van der Waals surface area contributed by atoms with Gasteiger partial charge in [0, 0.05) is 22.7 Å². The molecule has 2 N–H and O–H groups in total. The predicted molar refractivity (Wildman–Crippen MR) is 113 cm³/mol. The van der Waals surface area contributed by atoms with Crippen LogP contribution in [-0.2, 0) is 4.79 Å². The van der Waals surface area contributed by atoms with Gasteiger partial charge in [-0.05, 0) is 74.2 Å². The van der Waals surface area contributed by atoms with Gasteiger partial charge in [0.05, 0.1) is 5.92 Å². The number of carboxylic acid groups (broad SMARTS) is 1. The maximum Gasteiger partial charge on any atom is 0.573 e. The number of carbonyl (C=O) groups is 2. The first-order valence-corrected chi connectivity index (χ1v) is 10.5. The molecule has 3 aromatic rings. The van der Waals surface area contributed by atoms with E-state index in [-0.39, 0.29) is 17.4 Å². The summed E-state index contributed by atoms with van der Waals surface area (Å²) in [7, 11) is 0. The summed E-state index contributed by atoms with van der Waals surface area (Å²) in [5, 5.41) is 15.8. The minimum absolute atomic E-state index is 0.0309. The van der Waals surface area contributed by atoms with E-state index in [0.717, 1.165) is 12.1 Å². The van der Waals surface area contributed by atoms with Crippen molar-refractivity contribution in [3.8, 4) is 17.1 Å². The maximum atomic E-state index is 12.4. The predicted octanol–water partition coefficient (Wildman–Crippen LogP) is 5.25. The van der Waals surface area contributed by atoms with Crippen molar-refractivity contribution in [2.75, 3.05) is 5.32 Å². The highest BCUT2D eigenvalue weighted by molar-refractivity contribution is 6.04. The van der Waals surface area contributed by atoms with Gasteiger partial charge in [-0.25, -0.2) is 0 Å². The highest BCUT2D eigenvalue weighted by atomic mass is 19.4. The number of carbonyl (C=O) groups excluding carboxylic acids is 1. The second-order valence-corrected chi connectivity index (χ2v) is 7.95. The Morgan fingerprint density at radius 2 is 1.65 bits per heavy atom. The Morgan fingerprint density at radius 1 is 1.00 bits per heavy atom. The van der Waals surface area contributed by atoms with Crippen molar-refractivity contribution in [3.63, 3.8) is 0 Å². The van der Waals surface area contributed by atoms with Gasteiger partial charge in [-0.3, -0.25) is 9.59 Å². The van der Waals surface area contributed by atoms with Crippen molar-refractivity contribution >= 4 is 17.6 Å². The minimum atomic E-state index is -4.80. The van der Waals surface area contributed by atoms with E-state index in [0.29, 0.717) is 48.6 Å². The van der Waals surface area contributed by atoms with Gasteiger partial charge in [0.2, 0.25) is 11.7 Å². The Kier molecular flexibility index (Phi) is 6.53. The number of nitrogens with one attached hydrogen (secondary N) is 1. The third-order valence-electron chi connectivity index (χ3n) is 5.62. The molecule has 0 saturated heterocycles. The number of carboxylic acids is 1. The van der Waals surface area contributed by atoms with Gasteiger partial charge in [-0.15, -0.1) is 13.2 Å². The van der Waals surface area contributed by atoms with Crippen LogP contribution >= 0.6 is 0 Å². The largest absolute Gasteiger partial charge is 0.573 e. The Hall–Kier alpha value is -3.89. The fraction of sp³-hybridized carbons (Fsp3) is 0.304. The normalized spacial score (nSPS) is 18.3. The van der Waals surface area contributed by atoms with Crippen molar-refractivity contribution < 1.29 is 37.1 Å². The molecule has 1 aromatic heterocycles. The first kappa shape index (κ1) is 23.3. The molecule has 0 atom stereocenters. The summed E-state index contributed by atoms with van der Waals surface area (Å²) in [6.07, 6.45) is -2.31. The smallest absolute Gasteiger partial charge is 0.481 e. The molecule has 0 bridgehead atoms. The van der Waals surface area contributed by atoms with Gasteiger partial charge < -0.3 is 19.7 Å². The molecule has 1 aliphatic carbocycles. The van der Waals surface area contributed by atoms with E-state index < -0.39 is 24.0 Å². The van der Waals surface area contributed by atoms with Crippen molar-refractivity contribution in [2.24, 2.45) is 5.92 Å². The molecule has 1 fully saturated rings. The molecule has 1 saturated carbocycles. The number of benzene rings is 2. The lowest BCUT2D eigenvalue weighted by Gasteiger charge is -2.23. The number of aromatic nitrogens is 2. The van der Waals surface area contributed by atoms with Crippen molar-refractivity contribution in [1.29, 1.82) is 0 Å². The van der Waals surface area contributed by atoms with Gasteiger partial charge in [0.25, 0.3) is 5.91 Å². The van der Waals surface area contributed by atoms with E-state index in [1.54, 1.807) is 24.3 Å². The van der Waals surface area contributed by atoms with Crippen LogP contribution in [0.15, 0.2) is 53.1 Å². The Bertz CT molecular complexity index is 1150. The number of aliphatic carboxylic acids is 1. The summed E-state index contributed by atoms with van der Waals surface area (Å²) < 4.78 is 45.9. The van der Waals surface area contributed by atoms with Crippen LogP contribution in [-0.4, -0.2) is 33.5 Å². The lowest BCUT2D eigenvalue weighted by atomic mass is 9.82. The first-order chi connectivity index (χ1) is 16.2. The zero-order valence-corrected chi connectivity index (χ0v) is 17.7. The molecule has 0 radical (unpaired) electrons. The van der Waals surface area contributed by atoms with Crippen molar-refractivity contribution in [3.05, 3.63) is 60.0 Å². The molecular formula is C23H20F3N3O5. The average molecular weight is 475 g/mol. The lowest BCUT2D eigenvalue weighted by Crippen LogP contribution is -2.20. The van der Waals surface area contributed by atoms with E-state index in [2.05, 4.69) is 20.2 Å². The fourth-order valence-electron chi connectivity index (χ4n) is 3.82. The van der Waals surface area contributed by atoms with Crippen LogP contribution in [0.25, 0.3) is 11.4 Å². The highest BCUT2D eigenvalue weighted by Crippen LogP contribution is 2.35. The van der Waals surface area contributed by atoms with E-state index in [1.807, 2.05) is 0 Å². The third-order valence-corrected chi connectivity index (χ3v) is 5.62. The van der Waals surface area contributed by atoms with Crippen molar-refractivity contribution in [1.82, 2.24) is 10.1 Å². The number of halogens is 3.